The fourth-order valence-corrected chi connectivity index (χ4v) is 3.86. The van der Waals surface area contributed by atoms with Crippen molar-refractivity contribution in [2.45, 2.75) is 19.7 Å². The summed E-state index contributed by atoms with van der Waals surface area (Å²) >= 11 is 6.53. The Kier molecular flexibility index (Phi) is 8.09. The van der Waals surface area contributed by atoms with Crippen LogP contribution in [0.5, 0.6) is 23.1 Å². The number of aromatic nitrogens is 4. The van der Waals surface area contributed by atoms with Crippen molar-refractivity contribution in [3.63, 3.8) is 0 Å². The molecule has 4 rings (SSSR count). The zero-order valence-corrected chi connectivity index (χ0v) is 20.6. The van der Waals surface area contributed by atoms with Crippen LogP contribution in [0.15, 0.2) is 35.1 Å². The van der Waals surface area contributed by atoms with Crippen LogP contribution < -0.4 is 24.6 Å². The number of hydrogen-bond acceptors (Lipinski definition) is 8. The maximum absolute atomic E-state index is 14.5. The Morgan fingerprint density at radius 3 is 2.59 bits per heavy atom. The number of nitrogens with zero attached hydrogens (tertiary/aromatic N) is 3. The normalized spacial score (nSPS) is 11.1. The largest absolute Gasteiger partial charge is 0.496 e. The molecule has 0 amide bonds. The van der Waals surface area contributed by atoms with Gasteiger partial charge >= 0.3 is 5.69 Å². The molecule has 2 aromatic heterocycles. The smallest absolute Gasteiger partial charge is 0.332 e. The molecular formula is C24H23ClF2N4O6. The number of halogens is 3. The average Bonchev–Trinajstić information content (AvgIpc) is 3.23. The lowest BCUT2D eigenvalue weighted by atomic mass is 10.2. The van der Waals surface area contributed by atoms with Crippen LogP contribution in [0.1, 0.15) is 17.8 Å². The fraction of sp³-hybridized carbons (Fsp3) is 0.292. The van der Waals surface area contributed by atoms with Crippen molar-refractivity contribution in [2.75, 3.05) is 27.4 Å². The highest BCUT2D eigenvalue weighted by Crippen LogP contribution is 2.37. The minimum Gasteiger partial charge on any atom is -0.496 e. The third-order valence-electron chi connectivity index (χ3n) is 5.34. The summed E-state index contributed by atoms with van der Waals surface area (Å²) in [6, 6.07) is 7.21. The van der Waals surface area contributed by atoms with Crippen molar-refractivity contribution in [3.05, 3.63) is 63.0 Å². The van der Waals surface area contributed by atoms with Crippen LogP contribution in [0.2, 0.25) is 5.02 Å². The predicted molar refractivity (Wildman–Crippen MR) is 130 cm³/mol. The number of benzene rings is 2. The number of hydrogen-bond donors (Lipinski definition) is 2. The molecule has 4 aromatic rings. The lowest BCUT2D eigenvalue weighted by molar-refractivity contribution is 0.220. The van der Waals surface area contributed by atoms with Gasteiger partial charge < -0.3 is 24.1 Å². The van der Waals surface area contributed by atoms with Crippen LogP contribution in [0.3, 0.4) is 0 Å². The number of aliphatic hydroxyl groups is 1. The van der Waals surface area contributed by atoms with Crippen LogP contribution in [-0.2, 0) is 13.3 Å². The number of alkyl halides is 1. The van der Waals surface area contributed by atoms with Crippen molar-refractivity contribution in [3.8, 4) is 28.8 Å². The first-order valence-electron chi connectivity index (χ1n) is 11.0. The number of methoxy groups -OCH3 is 2. The highest BCUT2D eigenvalue weighted by molar-refractivity contribution is 6.32. The molecule has 0 unspecified atom stereocenters. The molecule has 0 spiro atoms. The fourth-order valence-electron chi connectivity index (χ4n) is 3.62. The van der Waals surface area contributed by atoms with Crippen LogP contribution in [0.4, 0.5) is 8.78 Å². The third kappa shape index (κ3) is 5.30. The molecule has 0 atom stereocenters. The first-order chi connectivity index (χ1) is 17.9. The summed E-state index contributed by atoms with van der Waals surface area (Å²) in [6.45, 7) is -1.19. The second-order valence-electron chi connectivity index (χ2n) is 7.63. The number of nitrogens with one attached hydrogen (secondary N) is 1. The standard InChI is InChI=1S/C24H23ClF2N4O6/c1-34-17-6-3-5-15(27)13(17)12-37-19-10-16(14(25)9-18(19)36-8-4-7-32)31-22-21(30-24(31)33)23(35-2)29-20(11-26)28-22/h3,5-6,9-10,32H,4,7-8,11-12H2,1-2H3,(H,30,33). The molecule has 0 aliphatic heterocycles. The number of fused-ring (bicyclic) bond motifs is 1. The minimum atomic E-state index is -0.990. The Hall–Kier alpha value is -3.90. The summed E-state index contributed by atoms with van der Waals surface area (Å²) in [6.07, 6.45) is 0.338. The molecule has 0 bridgehead atoms. The van der Waals surface area contributed by atoms with Crippen molar-refractivity contribution >= 4 is 22.8 Å². The topological polar surface area (TPSA) is 121 Å². The summed E-state index contributed by atoms with van der Waals surface area (Å²) in [5, 5.41) is 9.19. The molecule has 0 aliphatic rings. The lowest BCUT2D eigenvalue weighted by Crippen LogP contribution is -2.16. The van der Waals surface area contributed by atoms with Gasteiger partial charge in [0.25, 0.3) is 0 Å². The zero-order chi connectivity index (χ0) is 26.5. The maximum atomic E-state index is 14.5. The first kappa shape index (κ1) is 26.2. The molecule has 10 nitrogen and oxygen atoms in total. The summed E-state index contributed by atoms with van der Waals surface area (Å²) in [5.41, 5.74) is -0.175. The Morgan fingerprint density at radius 1 is 1.11 bits per heavy atom. The molecule has 2 aromatic carbocycles. The number of aromatic amines is 1. The maximum Gasteiger partial charge on any atom is 0.332 e. The van der Waals surface area contributed by atoms with E-state index in [4.69, 9.17) is 35.7 Å². The molecule has 2 N–H and O–H groups in total. The van der Waals surface area contributed by atoms with Crippen molar-refractivity contribution < 1.29 is 32.8 Å². The number of imidazole rings is 1. The second-order valence-corrected chi connectivity index (χ2v) is 8.04. The molecule has 2 heterocycles. The van der Waals surface area contributed by atoms with Gasteiger partial charge in [0.15, 0.2) is 23.0 Å². The van der Waals surface area contributed by atoms with Gasteiger partial charge in [0.1, 0.15) is 30.4 Å². The number of H-pyrrole nitrogens is 1. The van der Waals surface area contributed by atoms with E-state index in [1.54, 1.807) is 6.07 Å². The molecule has 0 saturated heterocycles. The van der Waals surface area contributed by atoms with E-state index < -0.39 is 18.2 Å². The van der Waals surface area contributed by atoms with Gasteiger partial charge in [-0.15, -0.1) is 0 Å². The van der Waals surface area contributed by atoms with Gasteiger partial charge in [0, 0.05) is 25.2 Å². The Bertz CT molecular complexity index is 1480. The van der Waals surface area contributed by atoms with Gasteiger partial charge in [-0.3, -0.25) is 4.98 Å². The van der Waals surface area contributed by atoms with Crippen LogP contribution in [0.25, 0.3) is 16.9 Å². The summed E-state index contributed by atoms with van der Waals surface area (Å²) < 4.78 is 51.0. The van der Waals surface area contributed by atoms with Crippen molar-refractivity contribution in [2.24, 2.45) is 0 Å². The molecule has 37 heavy (non-hydrogen) atoms. The highest BCUT2D eigenvalue weighted by atomic mass is 35.5. The Labute approximate surface area is 214 Å². The predicted octanol–water partition coefficient (Wildman–Crippen LogP) is 3.73. The van der Waals surface area contributed by atoms with E-state index in [2.05, 4.69) is 15.0 Å². The van der Waals surface area contributed by atoms with E-state index in [0.29, 0.717) is 6.42 Å². The van der Waals surface area contributed by atoms with E-state index in [-0.39, 0.29) is 76.2 Å². The van der Waals surface area contributed by atoms with Crippen LogP contribution in [0, 0.1) is 5.82 Å². The SMILES string of the molecule is COc1cccc(F)c1COc1cc(-n2c(=O)[nH]c3c(OC)nc(CF)nc32)c(Cl)cc1OCCCO. The van der Waals surface area contributed by atoms with E-state index in [0.717, 1.165) is 4.57 Å². The van der Waals surface area contributed by atoms with Crippen molar-refractivity contribution in [1.29, 1.82) is 0 Å². The number of rotatable bonds is 11. The van der Waals surface area contributed by atoms with E-state index in [9.17, 15) is 13.6 Å². The second kappa shape index (κ2) is 11.4. The van der Waals surface area contributed by atoms with Gasteiger partial charge in [-0.05, 0) is 12.1 Å². The molecule has 0 radical (unpaired) electrons. The summed E-state index contributed by atoms with van der Waals surface area (Å²) in [7, 11) is 2.74. The molecule has 0 fully saturated rings. The summed E-state index contributed by atoms with van der Waals surface area (Å²) in [5.74, 6) is -0.145. The molecule has 0 saturated carbocycles. The van der Waals surface area contributed by atoms with Gasteiger partial charge in [-0.25, -0.2) is 23.1 Å². The number of aliphatic hydroxyl groups excluding tert-OH is 1. The highest BCUT2D eigenvalue weighted by Gasteiger charge is 2.22. The van der Waals surface area contributed by atoms with E-state index in [1.807, 2.05) is 0 Å². The minimum absolute atomic E-state index is 0.0169. The van der Waals surface area contributed by atoms with Crippen LogP contribution >= 0.6 is 11.6 Å². The summed E-state index contributed by atoms with van der Waals surface area (Å²) in [4.78, 5) is 23.6. The lowest BCUT2D eigenvalue weighted by Gasteiger charge is -2.17. The zero-order valence-electron chi connectivity index (χ0n) is 19.9. The monoisotopic (exact) mass is 536 g/mol. The van der Waals surface area contributed by atoms with Gasteiger partial charge in [-0.1, -0.05) is 17.7 Å². The van der Waals surface area contributed by atoms with Crippen molar-refractivity contribution in [1.82, 2.24) is 19.5 Å². The molecule has 196 valence electrons. The van der Waals surface area contributed by atoms with E-state index in [1.165, 1.54) is 38.5 Å². The Morgan fingerprint density at radius 2 is 1.89 bits per heavy atom. The van der Waals surface area contributed by atoms with E-state index >= 15 is 0 Å². The molecule has 13 heteroatoms. The van der Waals surface area contributed by atoms with Crippen LogP contribution in [-0.4, -0.2) is 52.1 Å². The average molecular weight is 537 g/mol. The molecular weight excluding hydrogens is 514 g/mol. The molecule has 0 aliphatic carbocycles. The van der Waals surface area contributed by atoms with Gasteiger partial charge in [0.05, 0.1) is 37.1 Å². The van der Waals surface area contributed by atoms with Gasteiger partial charge in [0.2, 0.25) is 5.88 Å². The number of ether oxygens (including phenoxy) is 4. The Balaban J connectivity index is 1.83. The quantitative estimate of drug-likeness (QED) is 0.278. The third-order valence-corrected chi connectivity index (χ3v) is 5.65. The van der Waals surface area contributed by atoms with Gasteiger partial charge in [-0.2, -0.15) is 4.98 Å². The first-order valence-corrected chi connectivity index (χ1v) is 11.4.